The van der Waals surface area contributed by atoms with Crippen molar-refractivity contribution in [2.75, 3.05) is 0 Å². The van der Waals surface area contributed by atoms with Crippen molar-refractivity contribution in [3.63, 3.8) is 0 Å². The molecule has 4 fully saturated rings. The topological polar surface area (TPSA) is 74.6 Å². The Kier molecular flexibility index (Phi) is 5.17. The van der Waals surface area contributed by atoms with E-state index in [4.69, 9.17) is 5.11 Å². The number of fused-ring (bicyclic) bond motifs is 5. The first-order valence-corrected chi connectivity index (χ1v) is 11.6. The number of ketones is 1. The molecule has 0 aromatic heterocycles. The molecule has 0 unspecified atom stereocenters. The lowest BCUT2D eigenvalue weighted by atomic mass is 9.44. The number of hydrogen-bond acceptors (Lipinski definition) is 3. The average Bonchev–Trinajstić information content (AvgIpc) is 2.99. The molecule has 4 aliphatic carbocycles. The summed E-state index contributed by atoms with van der Waals surface area (Å²) >= 11 is 0. The van der Waals surface area contributed by atoms with Gasteiger partial charge in [0, 0.05) is 19.3 Å². The zero-order valence-corrected chi connectivity index (χ0v) is 17.8. The van der Waals surface area contributed by atoms with Crippen LogP contribution in [0.3, 0.4) is 0 Å². The summed E-state index contributed by atoms with van der Waals surface area (Å²) in [5.41, 5.74) is 0.400. The van der Waals surface area contributed by atoms with E-state index >= 15 is 0 Å². The minimum absolute atomic E-state index is 0.116. The summed E-state index contributed by atoms with van der Waals surface area (Å²) in [6.45, 7) is 7.09. The third kappa shape index (κ3) is 3.05. The first kappa shape index (κ1) is 20.4. The van der Waals surface area contributed by atoms with Gasteiger partial charge in [0.1, 0.15) is 5.78 Å². The van der Waals surface area contributed by atoms with Crippen LogP contribution in [0.15, 0.2) is 0 Å². The summed E-state index contributed by atoms with van der Waals surface area (Å²) in [6.07, 6.45) is 8.70. The fourth-order valence-electron chi connectivity index (χ4n) is 8.62. The van der Waals surface area contributed by atoms with Gasteiger partial charge in [0.2, 0.25) is 0 Å². The average molecular weight is 391 g/mol. The van der Waals surface area contributed by atoms with Crippen LogP contribution < -0.4 is 0 Å². The van der Waals surface area contributed by atoms with Crippen molar-refractivity contribution in [2.24, 2.45) is 46.3 Å². The number of rotatable bonds is 4. The molecule has 4 saturated carbocycles. The van der Waals surface area contributed by atoms with E-state index in [0.717, 1.165) is 19.3 Å². The third-order valence-corrected chi connectivity index (χ3v) is 10.1. The summed E-state index contributed by atoms with van der Waals surface area (Å²) in [4.78, 5) is 23.1. The third-order valence-electron chi connectivity index (χ3n) is 10.1. The van der Waals surface area contributed by atoms with Crippen LogP contribution in [-0.2, 0) is 9.59 Å². The minimum Gasteiger partial charge on any atom is -0.481 e. The molecule has 4 aliphatic rings. The van der Waals surface area contributed by atoms with E-state index in [1.54, 1.807) is 0 Å². The lowest BCUT2D eigenvalue weighted by molar-refractivity contribution is -0.166. The number of Topliss-reactive ketones (excluding diaryl/α,β-unsaturated/α-hetero) is 1. The normalized spacial score (nSPS) is 49.1. The number of carboxylic acid groups (broad SMARTS) is 1. The Balaban J connectivity index is 1.55. The lowest BCUT2D eigenvalue weighted by Gasteiger charge is -2.61. The molecular formula is C24H38O4. The maximum absolute atomic E-state index is 12.1. The zero-order valence-electron chi connectivity index (χ0n) is 17.8. The molecule has 4 nitrogen and oxygen atoms in total. The van der Waals surface area contributed by atoms with Gasteiger partial charge < -0.3 is 10.2 Å². The van der Waals surface area contributed by atoms with E-state index in [0.29, 0.717) is 48.2 Å². The maximum Gasteiger partial charge on any atom is 0.303 e. The van der Waals surface area contributed by atoms with Gasteiger partial charge in [0.15, 0.2) is 0 Å². The minimum atomic E-state index is -0.684. The molecule has 4 heteroatoms. The molecule has 9 atom stereocenters. The summed E-state index contributed by atoms with van der Waals surface area (Å²) < 4.78 is 0. The molecule has 0 aromatic carbocycles. The number of aliphatic hydroxyl groups excluding tert-OH is 1. The Morgan fingerprint density at radius 2 is 1.82 bits per heavy atom. The Bertz CT molecular complexity index is 645. The van der Waals surface area contributed by atoms with Gasteiger partial charge in [0.25, 0.3) is 0 Å². The summed E-state index contributed by atoms with van der Waals surface area (Å²) in [5.74, 6) is 2.73. The van der Waals surface area contributed by atoms with E-state index in [2.05, 4.69) is 20.8 Å². The van der Waals surface area contributed by atoms with Crippen LogP contribution in [-0.4, -0.2) is 28.1 Å². The molecule has 2 N–H and O–H groups in total. The predicted octanol–water partition coefficient (Wildman–Crippen LogP) is 4.69. The van der Waals surface area contributed by atoms with Gasteiger partial charge >= 0.3 is 5.97 Å². The summed E-state index contributed by atoms with van der Waals surface area (Å²) in [5, 5.41) is 20.1. The van der Waals surface area contributed by atoms with Crippen molar-refractivity contribution in [2.45, 2.75) is 91.1 Å². The number of carbonyl (C=O) groups excluding carboxylic acids is 1. The van der Waals surface area contributed by atoms with Crippen LogP contribution in [0, 0.1) is 46.3 Å². The Hall–Kier alpha value is -0.900. The highest BCUT2D eigenvalue weighted by Crippen LogP contribution is 2.68. The van der Waals surface area contributed by atoms with Gasteiger partial charge in [-0.2, -0.15) is 0 Å². The van der Waals surface area contributed by atoms with Gasteiger partial charge in [-0.15, -0.1) is 0 Å². The van der Waals surface area contributed by atoms with Crippen molar-refractivity contribution >= 4 is 11.8 Å². The standard InChI is InChI=1S/C24H38O4/c1-14(4-7-22(27)28)17-5-6-18-16-13-21(26)20-12-15(25)8-10-24(20,3)19(16)9-11-23(17,18)2/h14,16-21,26H,4-13H2,1-3H3,(H,27,28)/t14-,16+,17-,18+,19+,20-,21+,23-,24-/m1/s1. The summed E-state index contributed by atoms with van der Waals surface area (Å²) in [6, 6.07) is 0. The number of carbonyl (C=O) groups is 2. The number of aliphatic hydroxyl groups is 1. The van der Waals surface area contributed by atoms with E-state index in [1.165, 1.54) is 25.7 Å². The van der Waals surface area contributed by atoms with Crippen LogP contribution in [0.1, 0.15) is 85.0 Å². The van der Waals surface area contributed by atoms with Crippen molar-refractivity contribution in [1.29, 1.82) is 0 Å². The van der Waals surface area contributed by atoms with Crippen LogP contribution in [0.2, 0.25) is 0 Å². The SMILES string of the molecule is C[C@H](CCC(=O)O)[C@H]1CC[C@H]2[C@@H]3C[C@H](O)[C@H]4CC(=O)CC[C@]4(C)[C@H]3CC[C@]12C. The van der Waals surface area contributed by atoms with Crippen molar-refractivity contribution < 1.29 is 19.8 Å². The summed E-state index contributed by atoms with van der Waals surface area (Å²) in [7, 11) is 0. The van der Waals surface area contributed by atoms with Crippen LogP contribution in [0.25, 0.3) is 0 Å². The first-order valence-electron chi connectivity index (χ1n) is 11.6. The molecule has 0 amide bonds. The van der Waals surface area contributed by atoms with Crippen molar-refractivity contribution in [3.8, 4) is 0 Å². The molecule has 0 spiro atoms. The predicted molar refractivity (Wildman–Crippen MR) is 108 cm³/mol. The molecule has 158 valence electrons. The monoisotopic (exact) mass is 390 g/mol. The Morgan fingerprint density at radius 1 is 1.11 bits per heavy atom. The van der Waals surface area contributed by atoms with E-state index < -0.39 is 5.97 Å². The highest BCUT2D eigenvalue weighted by molar-refractivity contribution is 5.79. The van der Waals surface area contributed by atoms with Crippen LogP contribution in [0.5, 0.6) is 0 Å². The van der Waals surface area contributed by atoms with Gasteiger partial charge in [-0.1, -0.05) is 20.8 Å². The number of aliphatic carboxylic acids is 1. The second kappa shape index (κ2) is 7.11. The quantitative estimate of drug-likeness (QED) is 0.730. The highest BCUT2D eigenvalue weighted by Gasteiger charge is 2.62. The first-order chi connectivity index (χ1) is 13.2. The smallest absolute Gasteiger partial charge is 0.303 e. The second-order valence-electron chi connectivity index (χ2n) is 11.2. The second-order valence-corrected chi connectivity index (χ2v) is 11.2. The number of carboxylic acids is 1. The Morgan fingerprint density at radius 3 is 2.54 bits per heavy atom. The van der Waals surface area contributed by atoms with Crippen LogP contribution in [0.4, 0.5) is 0 Å². The van der Waals surface area contributed by atoms with E-state index in [9.17, 15) is 14.7 Å². The lowest BCUT2D eigenvalue weighted by Crippen LogP contribution is -2.58. The molecule has 4 rings (SSSR count). The molecule has 0 heterocycles. The molecule has 0 bridgehead atoms. The molecule has 28 heavy (non-hydrogen) atoms. The van der Waals surface area contributed by atoms with E-state index in [1.807, 2.05) is 0 Å². The zero-order chi connectivity index (χ0) is 20.3. The van der Waals surface area contributed by atoms with Gasteiger partial charge in [-0.05, 0) is 91.3 Å². The van der Waals surface area contributed by atoms with Gasteiger partial charge in [-0.25, -0.2) is 0 Å². The largest absolute Gasteiger partial charge is 0.481 e. The van der Waals surface area contributed by atoms with Gasteiger partial charge in [0.05, 0.1) is 6.10 Å². The van der Waals surface area contributed by atoms with Crippen molar-refractivity contribution in [3.05, 3.63) is 0 Å². The molecule has 0 aliphatic heterocycles. The molecule has 0 saturated heterocycles. The number of hydrogen-bond donors (Lipinski definition) is 2. The molecular weight excluding hydrogens is 352 g/mol. The van der Waals surface area contributed by atoms with E-state index in [-0.39, 0.29) is 29.3 Å². The maximum atomic E-state index is 12.1. The fourth-order valence-corrected chi connectivity index (χ4v) is 8.62. The van der Waals surface area contributed by atoms with Crippen LogP contribution >= 0.6 is 0 Å². The Labute approximate surface area is 169 Å². The fraction of sp³-hybridized carbons (Fsp3) is 0.917. The molecule has 0 aromatic rings. The van der Waals surface area contributed by atoms with Crippen molar-refractivity contribution in [1.82, 2.24) is 0 Å². The molecule has 0 radical (unpaired) electrons. The van der Waals surface area contributed by atoms with Gasteiger partial charge in [-0.3, -0.25) is 9.59 Å². The highest BCUT2D eigenvalue weighted by atomic mass is 16.4.